The summed E-state index contributed by atoms with van der Waals surface area (Å²) in [6.45, 7) is 7.09. The molecule has 4 fully saturated rings. The second-order valence-corrected chi connectivity index (χ2v) is 12.8. The van der Waals surface area contributed by atoms with Crippen molar-refractivity contribution in [3.63, 3.8) is 0 Å². The number of carboxylic acid groups (broad SMARTS) is 2. The number of ether oxygens (including phenoxy) is 1. The summed E-state index contributed by atoms with van der Waals surface area (Å²) in [4.78, 5) is 34.6. The predicted octanol–water partition coefficient (Wildman–Crippen LogP) is 4.86. The fourth-order valence-corrected chi connectivity index (χ4v) is 9.37. The normalized spacial score (nSPS) is 42.2. The quantitative estimate of drug-likeness (QED) is 0.414. The van der Waals surface area contributed by atoms with Crippen LogP contribution in [0.2, 0.25) is 0 Å². The van der Waals surface area contributed by atoms with Crippen molar-refractivity contribution in [1.29, 1.82) is 0 Å². The van der Waals surface area contributed by atoms with Gasteiger partial charge in [-0.3, -0.25) is 14.4 Å². The van der Waals surface area contributed by atoms with E-state index in [2.05, 4.69) is 20.8 Å². The van der Waals surface area contributed by atoms with E-state index in [1.165, 1.54) is 38.5 Å². The van der Waals surface area contributed by atoms with E-state index < -0.39 is 23.9 Å². The molecule has 35 heavy (non-hydrogen) atoms. The zero-order valence-corrected chi connectivity index (χ0v) is 21.7. The molecule has 0 spiro atoms. The maximum Gasteiger partial charge on any atom is 0.323 e. The highest BCUT2D eigenvalue weighted by Crippen LogP contribution is 2.68. The van der Waals surface area contributed by atoms with Gasteiger partial charge < -0.3 is 20.7 Å². The van der Waals surface area contributed by atoms with Gasteiger partial charge in [0.15, 0.2) is 0 Å². The molecular formula is C28H45NO6. The van der Waals surface area contributed by atoms with Gasteiger partial charge >= 0.3 is 17.9 Å². The first-order valence-electron chi connectivity index (χ1n) is 13.9. The summed E-state index contributed by atoms with van der Waals surface area (Å²) in [5.74, 6) is 1.31. The van der Waals surface area contributed by atoms with Crippen molar-refractivity contribution in [3.8, 4) is 0 Å². The number of rotatable bonds is 8. The lowest BCUT2D eigenvalue weighted by atomic mass is 9.44. The molecule has 4 saturated carbocycles. The van der Waals surface area contributed by atoms with Gasteiger partial charge in [-0.05, 0) is 111 Å². The molecule has 4 aliphatic carbocycles. The van der Waals surface area contributed by atoms with Crippen LogP contribution < -0.4 is 5.73 Å². The number of carbonyl (C=O) groups is 3. The van der Waals surface area contributed by atoms with Crippen molar-refractivity contribution in [2.75, 3.05) is 0 Å². The van der Waals surface area contributed by atoms with E-state index in [9.17, 15) is 19.5 Å². The van der Waals surface area contributed by atoms with Crippen molar-refractivity contribution in [1.82, 2.24) is 0 Å². The summed E-state index contributed by atoms with van der Waals surface area (Å²) in [6.07, 6.45) is 10.2. The van der Waals surface area contributed by atoms with Crippen LogP contribution in [0.5, 0.6) is 0 Å². The van der Waals surface area contributed by atoms with E-state index in [-0.39, 0.29) is 42.1 Å². The van der Waals surface area contributed by atoms with Crippen LogP contribution in [0.1, 0.15) is 97.8 Å². The molecule has 0 aliphatic heterocycles. The minimum absolute atomic E-state index is 0.109. The van der Waals surface area contributed by atoms with E-state index in [4.69, 9.17) is 15.6 Å². The number of carbonyl (C=O) groups excluding carboxylic acids is 1. The lowest BCUT2D eigenvalue weighted by Crippen LogP contribution is -2.54. The summed E-state index contributed by atoms with van der Waals surface area (Å²) in [5.41, 5.74) is 6.41. The number of hydrogen-bond acceptors (Lipinski definition) is 5. The van der Waals surface area contributed by atoms with Crippen molar-refractivity contribution >= 4 is 17.9 Å². The van der Waals surface area contributed by atoms with Crippen LogP contribution in [-0.2, 0) is 19.1 Å². The maximum absolute atomic E-state index is 12.4. The summed E-state index contributed by atoms with van der Waals surface area (Å²) in [6, 6.07) is -0.870. The largest absolute Gasteiger partial charge is 0.481 e. The molecule has 0 aromatic carbocycles. The minimum atomic E-state index is -0.952. The second kappa shape index (κ2) is 10.0. The Morgan fingerprint density at radius 3 is 2.31 bits per heavy atom. The molecule has 4 N–H and O–H groups in total. The molecule has 198 valence electrons. The molecule has 7 nitrogen and oxygen atoms in total. The zero-order chi connectivity index (χ0) is 25.5. The van der Waals surface area contributed by atoms with Crippen molar-refractivity contribution in [2.45, 2.75) is 110 Å². The first-order valence-corrected chi connectivity index (χ1v) is 13.9. The molecule has 4 aliphatic rings. The Bertz CT molecular complexity index is 830. The van der Waals surface area contributed by atoms with Crippen molar-refractivity contribution in [3.05, 3.63) is 0 Å². The number of aliphatic carboxylic acids is 2. The highest BCUT2D eigenvalue weighted by molar-refractivity contribution is 5.76. The van der Waals surface area contributed by atoms with Crippen LogP contribution >= 0.6 is 0 Å². The Morgan fingerprint density at radius 1 is 0.943 bits per heavy atom. The Balaban J connectivity index is 1.39. The standard InChI is InChI=1S/C28H45NO6/c1-16(14-25(32)33)20-6-7-21-19-5-4-17-15-18(35-26(34)23(29)8-9-24(30)31)10-12-27(17,2)22(19)11-13-28(20,21)3/h16-23H,4-15,29H2,1-3H3,(H,30,31)(H,32,33)/t16-,17?,18-,19?,20?,21?,22?,23+,27+,28-/m1/s1. The number of esters is 1. The third-order valence-corrected chi connectivity index (χ3v) is 11.1. The van der Waals surface area contributed by atoms with Gasteiger partial charge in [0.2, 0.25) is 0 Å². The van der Waals surface area contributed by atoms with E-state index in [1.807, 2.05) is 0 Å². The van der Waals surface area contributed by atoms with Gasteiger partial charge in [-0.1, -0.05) is 20.8 Å². The van der Waals surface area contributed by atoms with Crippen molar-refractivity contribution < 1.29 is 29.3 Å². The monoisotopic (exact) mass is 491 g/mol. The van der Waals surface area contributed by atoms with Gasteiger partial charge in [-0.25, -0.2) is 0 Å². The molecule has 4 rings (SSSR count). The molecule has 0 aromatic rings. The van der Waals surface area contributed by atoms with E-state index in [0.717, 1.165) is 25.2 Å². The topological polar surface area (TPSA) is 127 Å². The van der Waals surface area contributed by atoms with E-state index in [1.54, 1.807) is 0 Å². The van der Waals surface area contributed by atoms with Gasteiger partial charge in [0.1, 0.15) is 12.1 Å². The molecule has 0 bridgehead atoms. The van der Waals surface area contributed by atoms with Crippen molar-refractivity contribution in [2.24, 2.45) is 52.1 Å². The van der Waals surface area contributed by atoms with Crippen LogP contribution in [-0.4, -0.2) is 40.3 Å². The van der Waals surface area contributed by atoms with Crippen LogP contribution in [0.25, 0.3) is 0 Å². The smallest absolute Gasteiger partial charge is 0.323 e. The molecule has 0 heterocycles. The highest BCUT2D eigenvalue weighted by Gasteiger charge is 2.60. The molecule has 0 saturated heterocycles. The average Bonchev–Trinajstić information content (AvgIpc) is 3.14. The summed E-state index contributed by atoms with van der Waals surface area (Å²) in [5, 5.41) is 18.2. The summed E-state index contributed by atoms with van der Waals surface area (Å²) in [7, 11) is 0. The van der Waals surface area contributed by atoms with Crippen LogP contribution in [0.15, 0.2) is 0 Å². The molecule has 0 amide bonds. The maximum atomic E-state index is 12.4. The van der Waals surface area contributed by atoms with Gasteiger partial charge in [0.25, 0.3) is 0 Å². The number of fused-ring (bicyclic) bond motifs is 5. The van der Waals surface area contributed by atoms with Crippen LogP contribution in [0.3, 0.4) is 0 Å². The molecule has 0 radical (unpaired) electrons. The highest BCUT2D eigenvalue weighted by atomic mass is 16.5. The fraction of sp³-hybridized carbons (Fsp3) is 0.893. The molecule has 0 aromatic heterocycles. The van der Waals surface area contributed by atoms with Gasteiger partial charge in [0.05, 0.1) is 0 Å². The first-order chi connectivity index (χ1) is 16.5. The molecular weight excluding hydrogens is 446 g/mol. The lowest BCUT2D eigenvalue weighted by Gasteiger charge is -2.61. The number of nitrogens with two attached hydrogens (primary N) is 1. The molecule has 10 atom stereocenters. The van der Waals surface area contributed by atoms with E-state index in [0.29, 0.717) is 23.7 Å². The second-order valence-electron chi connectivity index (χ2n) is 12.8. The first kappa shape index (κ1) is 26.4. The molecule has 7 heteroatoms. The van der Waals surface area contributed by atoms with Crippen LogP contribution in [0.4, 0.5) is 0 Å². The Hall–Kier alpha value is -1.63. The Morgan fingerprint density at radius 2 is 1.63 bits per heavy atom. The lowest BCUT2D eigenvalue weighted by molar-refractivity contribution is -0.164. The third-order valence-electron chi connectivity index (χ3n) is 11.1. The number of hydrogen-bond donors (Lipinski definition) is 3. The van der Waals surface area contributed by atoms with E-state index >= 15 is 0 Å². The summed E-state index contributed by atoms with van der Waals surface area (Å²) >= 11 is 0. The molecule has 5 unspecified atom stereocenters. The predicted molar refractivity (Wildman–Crippen MR) is 131 cm³/mol. The van der Waals surface area contributed by atoms with Crippen LogP contribution in [0, 0.1) is 46.3 Å². The third kappa shape index (κ3) is 4.99. The SMILES string of the molecule is C[C@H](CC(=O)O)C1CCC2C3CCC4C[C@H](OC(=O)[C@@H](N)CCC(=O)O)CC[C@]4(C)C3CC[C@@]21C. The number of carboxylic acids is 2. The minimum Gasteiger partial charge on any atom is -0.481 e. The van der Waals surface area contributed by atoms with Gasteiger partial charge in [-0.2, -0.15) is 0 Å². The Kier molecular flexibility index (Phi) is 7.57. The Labute approximate surface area is 209 Å². The van der Waals surface area contributed by atoms with Gasteiger partial charge in [0, 0.05) is 12.8 Å². The zero-order valence-electron chi connectivity index (χ0n) is 21.7. The fourth-order valence-electron chi connectivity index (χ4n) is 9.37. The van der Waals surface area contributed by atoms with Gasteiger partial charge in [-0.15, -0.1) is 0 Å². The summed E-state index contributed by atoms with van der Waals surface area (Å²) < 4.78 is 5.77. The average molecular weight is 492 g/mol.